The Morgan fingerprint density at radius 2 is 1.67 bits per heavy atom. The monoisotopic (exact) mass is 348 g/mol. The van der Waals surface area contributed by atoms with Crippen molar-refractivity contribution in [3.63, 3.8) is 0 Å². The number of hydrogen-bond acceptors (Lipinski definition) is 2. The normalized spacial score (nSPS) is 14.6. The molecule has 0 bridgehead atoms. The van der Waals surface area contributed by atoms with Crippen LogP contribution in [0.25, 0.3) is 0 Å². The summed E-state index contributed by atoms with van der Waals surface area (Å²) in [5.41, 5.74) is 8.91. The van der Waals surface area contributed by atoms with Gasteiger partial charge in [0.1, 0.15) is 5.82 Å². The third-order valence-electron chi connectivity index (χ3n) is 3.80. The molecule has 1 aliphatic rings. The fourth-order valence-electron chi connectivity index (χ4n) is 2.48. The second kappa shape index (κ2) is 6.16. The van der Waals surface area contributed by atoms with Gasteiger partial charge < -0.3 is 5.73 Å². The highest BCUT2D eigenvalue weighted by atomic mass is 79.9. The molecule has 0 amide bonds. The molecule has 2 nitrogen and oxygen atoms in total. The number of halogens is 2. The van der Waals surface area contributed by atoms with Crippen LogP contribution in [0.15, 0.2) is 46.9 Å². The summed E-state index contributed by atoms with van der Waals surface area (Å²) in [6, 6.07) is 13.9. The predicted octanol–water partition coefficient (Wildman–Crippen LogP) is 4.34. The van der Waals surface area contributed by atoms with Crippen LogP contribution in [0.4, 0.5) is 10.1 Å². The van der Waals surface area contributed by atoms with Gasteiger partial charge in [-0.2, -0.15) is 0 Å². The minimum absolute atomic E-state index is 0.213. The van der Waals surface area contributed by atoms with Gasteiger partial charge in [-0.3, -0.25) is 4.90 Å². The van der Waals surface area contributed by atoms with E-state index in [4.69, 9.17) is 5.73 Å². The number of rotatable bonds is 5. The lowest BCUT2D eigenvalue weighted by molar-refractivity contribution is 0.245. The van der Waals surface area contributed by atoms with Crippen molar-refractivity contribution in [1.29, 1.82) is 0 Å². The lowest BCUT2D eigenvalue weighted by atomic mass is 10.1. The molecule has 1 aliphatic carbocycles. The highest BCUT2D eigenvalue weighted by Gasteiger charge is 2.29. The summed E-state index contributed by atoms with van der Waals surface area (Å²) in [6.45, 7) is 1.74. The molecule has 0 heterocycles. The van der Waals surface area contributed by atoms with Gasteiger partial charge in [0.15, 0.2) is 0 Å². The Kier molecular flexibility index (Phi) is 4.27. The number of hydrogen-bond donors (Lipinski definition) is 1. The second-order valence-corrected chi connectivity index (χ2v) is 6.48. The van der Waals surface area contributed by atoms with E-state index < -0.39 is 0 Å². The Morgan fingerprint density at radius 1 is 1.05 bits per heavy atom. The molecule has 0 unspecified atom stereocenters. The van der Waals surface area contributed by atoms with E-state index in [2.05, 4.69) is 33.0 Å². The zero-order valence-electron chi connectivity index (χ0n) is 11.7. The van der Waals surface area contributed by atoms with Crippen LogP contribution in [0.3, 0.4) is 0 Å². The van der Waals surface area contributed by atoms with Gasteiger partial charge >= 0.3 is 0 Å². The maximum Gasteiger partial charge on any atom is 0.137 e. The van der Waals surface area contributed by atoms with E-state index in [1.54, 1.807) is 0 Å². The van der Waals surface area contributed by atoms with E-state index in [-0.39, 0.29) is 5.82 Å². The lowest BCUT2D eigenvalue weighted by Gasteiger charge is -2.22. The molecule has 4 heteroatoms. The SMILES string of the molecule is Nc1ccc(CN(Cc2ccc(F)c(Br)c2)C2CC2)cc1. The van der Waals surface area contributed by atoms with Gasteiger partial charge in [0.05, 0.1) is 4.47 Å². The summed E-state index contributed by atoms with van der Waals surface area (Å²) in [5, 5.41) is 0. The Morgan fingerprint density at radius 3 is 2.29 bits per heavy atom. The molecule has 0 spiro atoms. The Balaban J connectivity index is 1.72. The van der Waals surface area contributed by atoms with Gasteiger partial charge in [0, 0.05) is 24.8 Å². The van der Waals surface area contributed by atoms with Crippen molar-refractivity contribution >= 4 is 21.6 Å². The third-order valence-corrected chi connectivity index (χ3v) is 4.41. The fraction of sp³-hybridized carbons (Fsp3) is 0.294. The molecule has 1 fully saturated rings. The molecule has 0 radical (unpaired) electrons. The average molecular weight is 349 g/mol. The van der Waals surface area contributed by atoms with Crippen LogP contribution in [-0.4, -0.2) is 10.9 Å². The summed E-state index contributed by atoms with van der Waals surface area (Å²) >= 11 is 3.26. The molecule has 3 rings (SSSR count). The topological polar surface area (TPSA) is 29.3 Å². The van der Waals surface area contributed by atoms with E-state index >= 15 is 0 Å². The molecule has 21 heavy (non-hydrogen) atoms. The second-order valence-electron chi connectivity index (χ2n) is 5.63. The largest absolute Gasteiger partial charge is 0.399 e. The highest BCUT2D eigenvalue weighted by Crippen LogP contribution is 2.30. The predicted molar refractivity (Wildman–Crippen MR) is 87.2 cm³/mol. The number of nitrogens with two attached hydrogens (primary N) is 1. The van der Waals surface area contributed by atoms with Gasteiger partial charge in [0.25, 0.3) is 0 Å². The summed E-state index contributed by atoms with van der Waals surface area (Å²) in [6.07, 6.45) is 2.49. The smallest absolute Gasteiger partial charge is 0.137 e. The first-order valence-corrected chi connectivity index (χ1v) is 7.93. The first-order chi connectivity index (χ1) is 10.1. The summed E-state index contributed by atoms with van der Waals surface area (Å²) < 4.78 is 13.9. The summed E-state index contributed by atoms with van der Waals surface area (Å²) in [7, 11) is 0. The molecule has 110 valence electrons. The molecule has 0 aliphatic heterocycles. The van der Waals surface area contributed by atoms with E-state index in [0.717, 1.165) is 24.3 Å². The number of anilines is 1. The lowest BCUT2D eigenvalue weighted by Crippen LogP contribution is -2.25. The minimum Gasteiger partial charge on any atom is -0.399 e. The summed E-state index contributed by atoms with van der Waals surface area (Å²) in [4.78, 5) is 2.45. The van der Waals surface area contributed by atoms with Crippen molar-refractivity contribution in [1.82, 2.24) is 4.90 Å². The number of nitrogens with zero attached hydrogens (tertiary/aromatic N) is 1. The van der Waals surface area contributed by atoms with E-state index in [9.17, 15) is 4.39 Å². The van der Waals surface area contributed by atoms with Gasteiger partial charge in [-0.25, -0.2) is 4.39 Å². The van der Waals surface area contributed by atoms with Crippen LogP contribution < -0.4 is 5.73 Å². The molecule has 0 aromatic heterocycles. The average Bonchev–Trinajstić information content (AvgIpc) is 3.29. The van der Waals surface area contributed by atoms with Crippen molar-refractivity contribution < 1.29 is 4.39 Å². The van der Waals surface area contributed by atoms with Crippen LogP contribution in [0.5, 0.6) is 0 Å². The quantitative estimate of drug-likeness (QED) is 0.814. The maximum atomic E-state index is 13.3. The van der Waals surface area contributed by atoms with E-state index in [0.29, 0.717) is 10.5 Å². The Bertz CT molecular complexity index is 623. The van der Waals surface area contributed by atoms with E-state index in [1.807, 2.05) is 24.3 Å². The van der Waals surface area contributed by atoms with Gasteiger partial charge in [-0.15, -0.1) is 0 Å². The number of benzene rings is 2. The Labute approximate surface area is 132 Å². The van der Waals surface area contributed by atoms with Crippen LogP contribution in [0.2, 0.25) is 0 Å². The molecule has 2 aromatic rings. The van der Waals surface area contributed by atoms with Crippen molar-refractivity contribution in [3.05, 3.63) is 63.9 Å². The summed E-state index contributed by atoms with van der Waals surface area (Å²) in [5.74, 6) is -0.213. The standard InChI is InChI=1S/C17H18BrFN2/c18-16-9-13(3-8-17(16)19)11-21(15-6-7-15)10-12-1-4-14(20)5-2-12/h1-5,8-9,15H,6-7,10-11,20H2. The first kappa shape index (κ1) is 14.5. The molecule has 0 atom stereocenters. The number of nitrogen functional groups attached to an aromatic ring is 1. The van der Waals surface area contributed by atoms with Gasteiger partial charge in [-0.1, -0.05) is 18.2 Å². The zero-order valence-corrected chi connectivity index (χ0v) is 13.3. The van der Waals surface area contributed by atoms with Gasteiger partial charge in [0.2, 0.25) is 0 Å². The van der Waals surface area contributed by atoms with Crippen LogP contribution in [-0.2, 0) is 13.1 Å². The van der Waals surface area contributed by atoms with Crippen molar-refractivity contribution in [2.45, 2.75) is 32.0 Å². The van der Waals surface area contributed by atoms with Crippen LogP contribution in [0, 0.1) is 5.82 Å². The zero-order chi connectivity index (χ0) is 14.8. The van der Waals surface area contributed by atoms with Crippen LogP contribution in [0.1, 0.15) is 24.0 Å². The molecule has 0 saturated heterocycles. The molecule has 2 aromatic carbocycles. The van der Waals surface area contributed by atoms with Gasteiger partial charge in [-0.05, 0) is 64.2 Å². The molecule has 2 N–H and O–H groups in total. The first-order valence-electron chi connectivity index (χ1n) is 7.14. The third kappa shape index (κ3) is 3.83. The molecule has 1 saturated carbocycles. The molecular weight excluding hydrogens is 331 g/mol. The van der Waals surface area contributed by atoms with E-state index in [1.165, 1.54) is 24.5 Å². The maximum absolute atomic E-state index is 13.3. The minimum atomic E-state index is -0.213. The Hall–Kier alpha value is -1.39. The van der Waals surface area contributed by atoms with Crippen molar-refractivity contribution in [2.24, 2.45) is 0 Å². The van der Waals surface area contributed by atoms with Crippen molar-refractivity contribution in [2.75, 3.05) is 5.73 Å². The van der Waals surface area contributed by atoms with Crippen molar-refractivity contribution in [3.8, 4) is 0 Å². The van der Waals surface area contributed by atoms with Crippen LogP contribution >= 0.6 is 15.9 Å². The molecular formula is C17H18BrFN2. The fourth-order valence-corrected chi connectivity index (χ4v) is 2.91. The highest BCUT2D eigenvalue weighted by molar-refractivity contribution is 9.10.